The van der Waals surface area contributed by atoms with Crippen LogP contribution in [0, 0.1) is 0 Å². The van der Waals surface area contributed by atoms with Gasteiger partial charge < -0.3 is 10.2 Å². The molecule has 0 bridgehead atoms. The third kappa shape index (κ3) is 3.32. The topological polar surface area (TPSA) is 73.4 Å². The van der Waals surface area contributed by atoms with Crippen LogP contribution in [0.25, 0.3) is 10.9 Å². The number of carbonyl (C=O) groups is 1. The van der Waals surface area contributed by atoms with Crippen LogP contribution in [-0.2, 0) is 4.79 Å². The first-order chi connectivity index (χ1) is 12.6. The Morgan fingerprint density at radius 3 is 2.65 bits per heavy atom. The summed E-state index contributed by atoms with van der Waals surface area (Å²) in [6.07, 6.45) is -1.75. The van der Waals surface area contributed by atoms with Crippen molar-refractivity contribution in [3.05, 3.63) is 30.6 Å². The first-order valence-electron chi connectivity index (χ1n) is 8.64. The van der Waals surface area contributed by atoms with Gasteiger partial charge in [0.1, 0.15) is 18.4 Å². The molecule has 1 aromatic carbocycles. The van der Waals surface area contributed by atoms with Gasteiger partial charge in [-0.25, -0.2) is 18.7 Å². The smallest absolute Gasteiger partial charge is 0.254 e. The van der Waals surface area contributed by atoms with Crippen LogP contribution in [0.5, 0.6) is 0 Å². The SMILES string of the molecule is O=C1CC(C(F)F)NC(N2CCN(c3ncnc4ccccc34)CC2)N1. The monoisotopic (exact) mass is 362 g/mol. The van der Waals surface area contributed by atoms with Crippen LogP contribution < -0.4 is 15.5 Å². The molecule has 2 unspecified atom stereocenters. The van der Waals surface area contributed by atoms with Crippen molar-refractivity contribution in [1.82, 2.24) is 25.5 Å². The normalized spacial score (nSPS) is 24.9. The summed E-state index contributed by atoms with van der Waals surface area (Å²) in [4.78, 5) is 24.6. The number of amides is 1. The molecule has 2 N–H and O–H groups in total. The second-order valence-corrected chi connectivity index (χ2v) is 6.52. The number of rotatable bonds is 3. The molecule has 0 aliphatic carbocycles. The number of carbonyl (C=O) groups excluding carboxylic acids is 1. The highest BCUT2D eigenvalue weighted by atomic mass is 19.3. The van der Waals surface area contributed by atoms with Gasteiger partial charge in [0.15, 0.2) is 0 Å². The molecule has 0 spiro atoms. The summed E-state index contributed by atoms with van der Waals surface area (Å²) in [5.41, 5.74) is 0.890. The lowest BCUT2D eigenvalue weighted by molar-refractivity contribution is -0.129. The molecule has 2 fully saturated rings. The van der Waals surface area contributed by atoms with E-state index in [1.165, 1.54) is 0 Å². The van der Waals surface area contributed by atoms with Crippen molar-refractivity contribution in [2.24, 2.45) is 0 Å². The number of alkyl halides is 2. The fourth-order valence-electron chi connectivity index (χ4n) is 3.51. The quantitative estimate of drug-likeness (QED) is 0.841. The number of nitrogens with one attached hydrogen (secondary N) is 2. The van der Waals surface area contributed by atoms with Crippen LogP contribution in [0.4, 0.5) is 14.6 Å². The molecule has 26 heavy (non-hydrogen) atoms. The maximum Gasteiger partial charge on any atom is 0.254 e. The molecular weight excluding hydrogens is 342 g/mol. The number of aromatic nitrogens is 2. The number of piperazine rings is 1. The van der Waals surface area contributed by atoms with Gasteiger partial charge in [-0.3, -0.25) is 15.0 Å². The Labute approximate surface area is 149 Å². The summed E-state index contributed by atoms with van der Waals surface area (Å²) < 4.78 is 26.0. The van der Waals surface area contributed by atoms with Crippen LogP contribution in [0.15, 0.2) is 30.6 Å². The van der Waals surface area contributed by atoms with Crippen LogP contribution in [0.3, 0.4) is 0 Å². The van der Waals surface area contributed by atoms with Crippen molar-refractivity contribution in [2.75, 3.05) is 31.1 Å². The fourth-order valence-corrected chi connectivity index (χ4v) is 3.51. The number of hydrogen-bond acceptors (Lipinski definition) is 6. The minimum atomic E-state index is -2.56. The van der Waals surface area contributed by atoms with E-state index < -0.39 is 18.8 Å². The summed E-state index contributed by atoms with van der Waals surface area (Å²) >= 11 is 0. The van der Waals surface area contributed by atoms with Crippen LogP contribution in [0.1, 0.15) is 6.42 Å². The largest absolute Gasteiger partial charge is 0.353 e. The molecule has 2 saturated heterocycles. The van der Waals surface area contributed by atoms with E-state index in [-0.39, 0.29) is 12.3 Å². The van der Waals surface area contributed by atoms with Gasteiger partial charge in [-0.2, -0.15) is 0 Å². The second-order valence-electron chi connectivity index (χ2n) is 6.52. The Hall–Kier alpha value is -2.39. The Balaban J connectivity index is 1.45. The number of para-hydroxylation sites is 1. The molecule has 2 aromatic rings. The number of anilines is 1. The van der Waals surface area contributed by atoms with Gasteiger partial charge in [0.2, 0.25) is 5.91 Å². The third-order valence-electron chi connectivity index (χ3n) is 4.88. The maximum atomic E-state index is 13.0. The number of hydrogen-bond donors (Lipinski definition) is 2. The second kappa shape index (κ2) is 7.08. The van der Waals surface area contributed by atoms with Crippen LogP contribution >= 0.6 is 0 Å². The molecule has 0 radical (unpaired) electrons. The van der Waals surface area contributed by atoms with Crippen molar-refractivity contribution in [1.29, 1.82) is 0 Å². The Morgan fingerprint density at radius 2 is 1.88 bits per heavy atom. The number of nitrogens with zero attached hydrogens (tertiary/aromatic N) is 4. The summed E-state index contributed by atoms with van der Waals surface area (Å²) in [5, 5.41) is 6.58. The zero-order valence-corrected chi connectivity index (χ0v) is 14.1. The lowest BCUT2D eigenvalue weighted by Gasteiger charge is -2.43. The zero-order chi connectivity index (χ0) is 18.1. The Bertz CT molecular complexity index is 790. The van der Waals surface area contributed by atoms with Crippen molar-refractivity contribution < 1.29 is 13.6 Å². The summed E-state index contributed by atoms with van der Waals surface area (Å²) in [5.74, 6) is 0.532. The highest BCUT2D eigenvalue weighted by molar-refractivity contribution is 5.89. The average Bonchev–Trinajstić information content (AvgIpc) is 2.67. The summed E-state index contributed by atoms with van der Waals surface area (Å²) in [7, 11) is 0. The van der Waals surface area contributed by atoms with Crippen LogP contribution in [0.2, 0.25) is 0 Å². The molecule has 7 nitrogen and oxygen atoms in total. The molecule has 2 aliphatic rings. The van der Waals surface area contributed by atoms with Crippen molar-refractivity contribution in [3.8, 4) is 0 Å². The first kappa shape index (κ1) is 17.0. The Kier molecular flexibility index (Phi) is 4.64. The maximum absolute atomic E-state index is 13.0. The predicted octanol–water partition coefficient (Wildman–Crippen LogP) is 0.779. The van der Waals surface area contributed by atoms with Gasteiger partial charge in [-0.1, -0.05) is 12.1 Å². The number of benzene rings is 1. The van der Waals surface area contributed by atoms with Crippen molar-refractivity contribution in [3.63, 3.8) is 0 Å². The molecule has 138 valence electrons. The van der Waals surface area contributed by atoms with Crippen molar-refractivity contribution in [2.45, 2.75) is 25.2 Å². The average molecular weight is 362 g/mol. The first-order valence-corrected chi connectivity index (χ1v) is 8.64. The number of fused-ring (bicyclic) bond motifs is 1. The van der Waals surface area contributed by atoms with E-state index in [4.69, 9.17) is 0 Å². The molecule has 0 saturated carbocycles. The van der Waals surface area contributed by atoms with Gasteiger partial charge in [0.25, 0.3) is 6.43 Å². The molecule has 4 rings (SSSR count). The number of halogens is 2. The van der Waals surface area contributed by atoms with Gasteiger partial charge in [-0.15, -0.1) is 0 Å². The molecule has 9 heteroatoms. The summed E-state index contributed by atoms with van der Waals surface area (Å²) in [6, 6.07) is 6.74. The van der Waals surface area contributed by atoms with Gasteiger partial charge in [0, 0.05) is 38.0 Å². The van der Waals surface area contributed by atoms with E-state index in [0.717, 1.165) is 16.7 Å². The minimum Gasteiger partial charge on any atom is -0.353 e. The molecule has 2 aliphatic heterocycles. The van der Waals surface area contributed by atoms with E-state index >= 15 is 0 Å². The summed E-state index contributed by atoms with van der Waals surface area (Å²) in [6.45, 7) is 2.64. The van der Waals surface area contributed by atoms with E-state index in [1.54, 1.807) is 6.33 Å². The highest BCUT2D eigenvalue weighted by Gasteiger charge is 2.35. The molecule has 3 heterocycles. The van der Waals surface area contributed by atoms with Crippen molar-refractivity contribution >= 4 is 22.6 Å². The third-order valence-corrected chi connectivity index (χ3v) is 4.88. The molecule has 1 aromatic heterocycles. The van der Waals surface area contributed by atoms with E-state index in [1.807, 2.05) is 29.2 Å². The van der Waals surface area contributed by atoms with E-state index in [0.29, 0.717) is 26.2 Å². The standard InChI is InChI=1S/C17H20F2N6O/c18-15(19)13-9-14(26)23-17(22-13)25-7-5-24(6-8-25)16-11-3-1-2-4-12(11)20-10-21-16/h1-4,10,13,15,17,22H,5-9H2,(H,23,26). The minimum absolute atomic E-state index is 0.193. The highest BCUT2D eigenvalue weighted by Crippen LogP contribution is 2.24. The lowest BCUT2D eigenvalue weighted by Crippen LogP contribution is -2.67. The predicted molar refractivity (Wildman–Crippen MR) is 92.8 cm³/mol. The van der Waals surface area contributed by atoms with Gasteiger partial charge in [0.05, 0.1) is 11.6 Å². The molecule has 1 amide bonds. The lowest BCUT2D eigenvalue weighted by atomic mass is 10.1. The van der Waals surface area contributed by atoms with Gasteiger partial charge >= 0.3 is 0 Å². The van der Waals surface area contributed by atoms with E-state index in [9.17, 15) is 13.6 Å². The fraction of sp³-hybridized carbons (Fsp3) is 0.471. The van der Waals surface area contributed by atoms with E-state index in [2.05, 4.69) is 25.5 Å². The Morgan fingerprint density at radius 1 is 1.12 bits per heavy atom. The van der Waals surface area contributed by atoms with Crippen LogP contribution in [-0.4, -0.2) is 65.7 Å². The zero-order valence-electron chi connectivity index (χ0n) is 14.1. The molecular formula is C17H20F2N6O. The molecule has 2 atom stereocenters. The van der Waals surface area contributed by atoms with Gasteiger partial charge in [-0.05, 0) is 12.1 Å².